The molecule has 0 aliphatic carbocycles. The molecule has 2 aliphatic heterocycles. The van der Waals surface area contributed by atoms with Crippen molar-refractivity contribution < 1.29 is 28.3 Å². The highest BCUT2D eigenvalue weighted by Crippen LogP contribution is 2.55. The van der Waals surface area contributed by atoms with Crippen molar-refractivity contribution in [2.45, 2.75) is 17.5 Å². The standard InChI is InChI=1S/C25H16Cl4F2N4O4/c26-10-5-11(27)7-13(6-10)33-21(36)17-18(22(37)38)24(14-8-12(28)9-15(29)19(14)34-23(24)39)35-20(17)25(30,31)16-3-1-2-4-32-16/h1-9,17-18,20,35H,(H,33,36)(H,34,39)(H,37,38). The Morgan fingerprint density at radius 2 is 1.69 bits per heavy atom. The lowest BCUT2D eigenvalue weighted by Gasteiger charge is -2.29. The molecule has 4 atom stereocenters. The van der Waals surface area contributed by atoms with E-state index in [0.29, 0.717) is 0 Å². The number of hydrogen-bond acceptors (Lipinski definition) is 5. The molecule has 3 aromatic rings. The van der Waals surface area contributed by atoms with E-state index in [4.69, 9.17) is 46.4 Å². The number of carbonyl (C=O) groups excluding carboxylic acids is 2. The van der Waals surface area contributed by atoms with Crippen molar-refractivity contribution in [2.75, 3.05) is 10.6 Å². The van der Waals surface area contributed by atoms with Crippen LogP contribution in [0, 0.1) is 11.8 Å². The van der Waals surface area contributed by atoms with E-state index in [0.717, 1.165) is 12.3 Å². The fourth-order valence-electron chi connectivity index (χ4n) is 5.21. The summed E-state index contributed by atoms with van der Waals surface area (Å²) in [5, 5.41) is 18.0. The normalized spacial score (nSPS) is 23.9. The Kier molecular flexibility index (Phi) is 6.97. The molecule has 0 bridgehead atoms. The van der Waals surface area contributed by atoms with E-state index in [9.17, 15) is 19.5 Å². The second kappa shape index (κ2) is 9.87. The Hall–Kier alpha value is -3.02. The van der Waals surface area contributed by atoms with Crippen LogP contribution in [-0.2, 0) is 25.8 Å². The highest BCUT2D eigenvalue weighted by atomic mass is 35.5. The molecule has 2 aliphatic rings. The van der Waals surface area contributed by atoms with Crippen molar-refractivity contribution >= 4 is 75.6 Å². The summed E-state index contributed by atoms with van der Waals surface area (Å²) in [5.41, 5.74) is -3.14. The zero-order valence-electron chi connectivity index (χ0n) is 19.3. The van der Waals surface area contributed by atoms with E-state index in [1.54, 1.807) is 0 Å². The highest BCUT2D eigenvalue weighted by molar-refractivity contribution is 6.38. The Balaban J connectivity index is 1.71. The van der Waals surface area contributed by atoms with E-state index in [1.165, 1.54) is 42.5 Å². The number of anilines is 2. The van der Waals surface area contributed by atoms with Gasteiger partial charge in [0.05, 0.1) is 22.7 Å². The molecule has 3 heterocycles. The lowest BCUT2D eigenvalue weighted by Crippen LogP contribution is -2.53. The number of amides is 2. The summed E-state index contributed by atoms with van der Waals surface area (Å²) < 4.78 is 32.3. The van der Waals surface area contributed by atoms with E-state index >= 15 is 8.78 Å². The van der Waals surface area contributed by atoms with Crippen LogP contribution in [-0.4, -0.2) is 33.9 Å². The number of nitrogens with one attached hydrogen (secondary N) is 3. The number of nitrogens with zero attached hydrogens (tertiary/aromatic N) is 1. The van der Waals surface area contributed by atoms with Crippen molar-refractivity contribution in [2.24, 2.45) is 11.8 Å². The van der Waals surface area contributed by atoms with Crippen molar-refractivity contribution in [1.82, 2.24) is 10.3 Å². The maximum Gasteiger partial charge on any atom is 0.310 e. The summed E-state index contributed by atoms with van der Waals surface area (Å²) in [5.74, 6) is -11.8. The van der Waals surface area contributed by atoms with Gasteiger partial charge in [0.25, 0.3) is 0 Å². The molecule has 1 fully saturated rings. The first-order valence-corrected chi connectivity index (χ1v) is 12.7. The van der Waals surface area contributed by atoms with Crippen LogP contribution in [0.25, 0.3) is 0 Å². The topological polar surface area (TPSA) is 120 Å². The first kappa shape index (κ1) is 27.5. The predicted molar refractivity (Wildman–Crippen MR) is 142 cm³/mol. The van der Waals surface area contributed by atoms with Crippen LogP contribution < -0.4 is 16.0 Å². The molecule has 4 unspecified atom stereocenters. The fourth-order valence-corrected chi connectivity index (χ4v) is 6.28. The van der Waals surface area contributed by atoms with Gasteiger partial charge in [0.15, 0.2) is 0 Å². The number of alkyl halides is 2. The quantitative estimate of drug-likeness (QED) is 0.298. The van der Waals surface area contributed by atoms with Gasteiger partial charge in [0.2, 0.25) is 11.8 Å². The molecule has 1 saturated heterocycles. The minimum absolute atomic E-state index is 0.00704. The maximum atomic E-state index is 16.1. The number of fused-ring (bicyclic) bond motifs is 2. The summed E-state index contributed by atoms with van der Waals surface area (Å²) >= 11 is 24.4. The summed E-state index contributed by atoms with van der Waals surface area (Å²) in [6.07, 6.45) is 1.13. The average Bonchev–Trinajstić information content (AvgIpc) is 3.36. The van der Waals surface area contributed by atoms with E-state index < -0.39 is 52.8 Å². The monoisotopic (exact) mass is 614 g/mol. The highest BCUT2D eigenvalue weighted by Gasteiger charge is 2.71. The van der Waals surface area contributed by atoms with Gasteiger partial charge in [0.1, 0.15) is 17.2 Å². The Labute approximate surface area is 239 Å². The second-order valence-corrected chi connectivity index (χ2v) is 10.7. The molecule has 2 aromatic carbocycles. The average molecular weight is 616 g/mol. The number of hydrogen-bond donors (Lipinski definition) is 4. The van der Waals surface area contributed by atoms with E-state index in [-0.39, 0.29) is 37.0 Å². The third-order valence-corrected chi connectivity index (χ3v) is 7.69. The van der Waals surface area contributed by atoms with Crippen molar-refractivity contribution in [3.05, 3.63) is 86.1 Å². The minimum Gasteiger partial charge on any atom is -0.481 e. The maximum absolute atomic E-state index is 16.1. The van der Waals surface area contributed by atoms with Gasteiger partial charge in [-0.2, -0.15) is 8.78 Å². The molecule has 0 radical (unpaired) electrons. The first-order valence-electron chi connectivity index (χ1n) is 11.2. The predicted octanol–water partition coefficient (Wildman–Crippen LogP) is 5.56. The van der Waals surface area contributed by atoms with Crippen LogP contribution in [0.15, 0.2) is 54.7 Å². The second-order valence-electron chi connectivity index (χ2n) is 9.02. The van der Waals surface area contributed by atoms with E-state index in [2.05, 4.69) is 20.9 Å². The Morgan fingerprint density at radius 1 is 1.03 bits per heavy atom. The molecule has 8 nitrogen and oxygen atoms in total. The van der Waals surface area contributed by atoms with Gasteiger partial charge in [-0.1, -0.05) is 52.5 Å². The molecule has 1 aromatic heterocycles. The largest absolute Gasteiger partial charge is 0.481 e. The fraction of sp³-hybridized carbons (Fsp3) is 0.200. The molecule has 1 spiro atoms. The number of carboxylic acids is 1. The lowest BCUT2D eigenvalue weighted by molar-refractivity contribution is -0.151. The van der Waals surface area contributed by atoms with Gasteiger partial charge >= 0.3 is 11.9 Å². The summed E-state index contributed by atoms with van der Waals surface area (Å²) in [6.45, 7) is 0. The zero-order chi connectivity index (χ0) is 28.3. The summed E-state index contributed by atoms with van der Waals surface area (Å²) in [6, 6.07) is 8.09. The van der Waals surface area contributed by atoms with Gasteiger partial charge in [-0.3, -0.25) is 24.7 Å². The van der Waals surface area contributed by atoms with Crippen LogP contribution in [0.3, 0.4) is 0 Å². The number of carbonyl (C=O) groups is 3. The molecule has 5 rings (SSSR count). The van der Waals surface area contributed by atoms with Crippen LogP contribution in [0.1, 0.15) is 11.3 Å². The van der Waals surface area contributed by atoms with Gasteiger partial charge in [-0.05, 0) is 42.5 Å². The number of aromatic nitrogens is 1. The zero-order valence-corrected chi connectivity index (χ0v) is 22.3. The number of carboxylic acid groups (broad SMARTS) is 1. The first-order chi connectivity index (χ1) is 18.4. The van der Waals surface area contributed by atoms with Crippen molar-refractivity contribution in [3.8, 4) is 0 Å². The molecule has 202 valence electrons. The number of rotatable bonds is 5. The van der Waals surface area contributed by atoms with E-state index in [1.807, 2.05) is 0 Å². The Morgan fingerprint density at radius 3 is 2.31 bits per heavy atom. The lowest BCUT2D eigenvalue weighted by atomic mass is 9.74. The molecule has 14 heteroatoms. The van der Waals surface area contributed by atoms with Crippen LogP contribution in [0.5, 0.6) is 0 Å². The third kappa shape index (κ3) is 4.50. The molecule has 2 amide bonds. The van der Waals surface area contributed by atoms with Gasteiger partial charge in [-0.25, -0.2) is 0 Å². The molecular formula is C25H16Cl4F2N4O4. The Bertz CT molecular complexity index is 1510. The van der Waals surface area contributed by atoms with Crippen LogP contribution in [0.4, 0.5) is 20.2 Å². The molecule has 0 saturated carbocycles. The van der Waals surface area contributed by atoms with Gasteiger partial charge in [0, 0.05) is 32.5 Å². The number of benzene rings is 2. The van der Waals surface area contributed by atoms with Gasteiger partial charge in [-0.15, -0.1) is 0 Å². The van der Waals surface area contributed by atoms with Crippen molar-refractivity contribution in [3.63, 3.8) is 0 Å². The summed E-state index contributed by atoms with van der Waals surface area (Å²) in [4.78, 5) is 43.7. The number of pyridine rings is 1. The van der Waals surface area contributed by atoms with Gasteiger partial charge < -0.3 is 15.7 Å². The third-order valence-electron chi connectivity index (χ3n) is 6.74. The molecular weight excluding hydrogens is 600 g/mol. The van der Waals surface area contributed by atoms with Crippen LogP contribution in [0.2, 0.25) is 20.1 Å². The molecule has 4 N–H and O–H groups in total. The smallest absolute Gasteiger partial charge is 0.310 e. The summed E-state index contributed by atoms with van der Waals surface area (Å²) in [7, 11) is 0. The van der Waals surface area contributed by atoms with Crippen molar-refractivity contribution in [1.29, 1.82) is 0 Å². The number of aliphatic carboxylic acids is 1. The molecule has 39 heavy (non-hydrogen) atoms. The SMILES string of the molecule is O=C(Nc1cc(Cl)cc(Cl)c1)C1C(C(F)(F)c2ccccn2)NC2(C(=O)Nc3c(Cl)cc(Cl)cc32)C1C(=O)O. The van der Waals surface area contributed by atoms with Crippen LogP contribution >= 0.6 is 46.4 Å². The minimum atomic E-state index is -3.93. The number of halogens is 6.